The molecule has 0 heterocycles. The van der Waals surface area contributed by atoms with Crippen LogP contribution in [0.15, 0.2) is 24.3 Å². The van der Waals surface area contributed by atoms with Crippen LogP contribution in [0, 0.1) is 0 Å². The lowest BCUT2D eigenvalue weighted by Crippen LogP contribution is -2.11. The van der Waals surface area contributed by atoms with Gasteiger partial charge in [-0.2, -0.15) is 0 Å². The summed E-state index contributed by atoms with van der Waals surface area (Å²) in [5, 5.41) is 1.43. The van der Waals surface area contributed by atoms with Gasteiger partial charge in [-0.15, -0.1) is 19.0 Å². The van der Waals surface area contributed by atoms with E-state index in [0.717, 1.165) is 5.57 Å². The third-order valence-corrected chi connectivity index (χ3v) is 3.17. The number of rotatable bonds is 3. The molecule has 0 fully saturated rings. The molecular formula is C11H13Cl4N. The zero-order valence-electron chi connectivity index (χ0n) is 8.77. The molecule has 5 heteroatoms. The Morgan fingerprint density at radius 3 is 2.31 bits per heavy atom. The molecule has 1 aromatic carbocycles. The highest BCUT2D eigenvalue weighted by atomic mass is 35.5. The van der Waals surface area contributed by atoms with E-state index in [0.29, 0.717) is 27.1 Å². The Balaban J connectivity index is 0.00000225. The number of halogens is 4. The van der Waals surface area contributed by atoms with Gasteiger partial charge in [0.2, 0.25) is 0 Å². The Kier molecular flexibility index (Phi) is 6.76. The summed E-state index contributed by atoms with van der Waals surface area (Å²) < 4.78 is 0. The summed E-state index contributed by atoms with van der Waals surface area (Å²) in [6.45, 7) is 5.71. The highest BCUT2D eigenvalue weighted by molar-refractivity contribution is 6.44. The lowest BCUT2D eigenvalue weighted by molar-refractivity contribution is 0.718. The SMILES string of the molecule is C=C(C)C[C@H](N)c1c(Cl)ccc(Cl)c1Cl.Cl. The smallest absolute Gasteiger partial charge is 0.0655 e. The number of benzene rings is 1. The molecule has 0 aliphatic carbocycles. The summed E-state index contributed by atoms with van der Waals surface area (Å²) >= 11 is 18.0. The van der Waals surface area contributed by atoms with Crippen LogP contribution in [0.5, 0.6) is 0 Å². The summed E-state index contributed by atoms with van der Waals surface area (Å²) in [5.41, 5.74) is 7.65. The van der Waals surface area contributed by atoms with Crippen LogP contribution in [0.1, 0.15) is 24.9 Å². The number of hydrogen-bond acceptors (Lipinski definition) is 1. The van der Waals surface area contributed by atoms with Crippen molar-refractivity contribution < 1.29 is 0 Å². The average molecular weight is 301 g/mol. The fraction of sp³-hybridized carbons (Fsp3) is 0.273. The highest BCUT2D eigenvalue weighted by Crippen LogP contribution is 2.36. The lowest BCUT2D eigenvalue weighted by Gasteiger charge is -2.16. The minimum atomic E-state index is -0.263. The molecule has 0 saturated carbocycles. The third-order valence-electron chi connectivity index (χ3n) is 2.02. The van der Waals surface area contributed by atoms with Gasteiger partial charge in [0, 0.05) is 16.6 Å². The van der Waals surface area contributed by atoms with Crippen molar-refractivity contribution in [2.75, 3.05) is 0 Å². The van der Waals surface area contributed by atoms with Gasteiger partial charge in [0.05, 0.1) is 10.0 Å². The number of nitrogens with two attached hydrogens (primary N) is 1. The van der Waals surface area contributed by atoms with Crippen molar-refractivity contribution in [3.05, 3.63) is 44.9 Å². The topological polar surface area (TPSA) is 26.0 Å². The van der Waals surface area contributed by atoms with Gasteiger partial charge in [-0.25, -0.2) is 0 Å². The van der Waals surface area contributed by atoms with E-state index in [9.17, 15) is 0 Å². The van der Waals surface area contributed by atoms with E-state index < -0.39 is 0 Å². The summed E-state index contributed by atoms with van der Waals surface area (Å²) in [5.74, 6) is 0. The van der Waals surface area contributed by atoms with Crippen LogP contribution in [0.4, 0.5) is 0 Å². The maximum absolute atomic E-state index is 6.05. The van der Waals surface area contributed by atoms with Gasteiger partial charge < -0.3 is 5.73 Å². The first-order chi connectivity index (χ1) is 6.93. The highest BCUT2D eigenvalue weighted by Gasteiger charge is 2.16. The first-order valence-electron chi connectivity index (χ1n) is 4.46. The van der Waals surface area contributed by atoms with Crippen molar-refractivity contribution in [1.82, 2.24) is 0 Å². The summed E-state index contributed by atoms with van der Waals surface area (Å²) in [7, 11) is 0. The predicted octanol–water partition coefficient (Wildman–Crippen LogP) is 5.03. The van der Waals surface area contributed by atoms with Crippen LogP contribution < -0.4 is 5.73 Å². The van der Waals surface area contributed by atoms with E-state index in [1.807, 2.05) is 6.92 Å². The Morgan fingerprint density at radius 2 is 1.81 bits per heavy atom. The molecule has 0 bridgehead atoms. The zero-order chi connectivity index (χ0) is 11.6. The van der Waals surface area contributed by atoms with Crippen molar-refractivity contribution in [2.45, 2.75) is 19.4 Å². The summed E-state index contributed by atoms with van der Waals surface area (Å²) in [6, 6.07) is 3.09. The van der Waals surface area contributed by atoms with E-state index in [2.05, 4.69) is 6.58 Å². The quantitative estimate of drug-likeness (QED) is 0.614. The van der Waals surface area contributed by atoms with Crippen LogP contribution in [0.2, 0.25) is 15.1 Å². The van der Waals surface area contributed by atoms with Crippen LogP contribution >= 0.6 is 47.2 Å². The van der Waals surface area contributed by atoms with E-state index in [4.69, 9.17) is 40.5 Å². The first kappa shape index (κ1) is 16.1. The Bertz CT molecular complexity index is 390. The fourth-order valence-corrected chi connectivity index (χ4v) is 2.18. The normalized spacial score (nSPS) is 11.8. The Morgan fingerprint density at radius 1 is 1.31 bits per heavy atom. The molecule has 0 spiro atoms. The molecular weight excluding hydrogens is 288 g/mol. The lowest BCUT2D eigenvalue weighted by atomic mass is 10.0. The van der Waals surface area contributed by atoms with Crippen molar-refractivity contribution >= 4 is 47.2 Å². The monoisotopic (exact) mass is 299 g/mol. The van der Waals surface area contributed by atoms with Crippen LogP contribution in [-0.2, 0) is 0 Å². The van der Waals surface area contributed by atoms with Gasteiger partial charge in [0.1, 0.15) is 0 Å². The largest absolute Gasteiger partial charge is 0.324 e. The molecule has 16 heavy (non-hydrogen) atoms. The van der Waals surface area contributed by atoms with Gasteiger partial charge in [0.25, 0.3) is 0 Å². The molecule has 0 saturated heterocycles. The van der Waals surface area contributed by atoms with Crippen molar-refractivity contribution in [2.24, 2.45) is 5.73 Å². The zero-order valence-corrected chi connectivity index (χ0v) is 11.9. The molecule has 0 amide bonds. The van der Waals surface area contributed by atoms with E-state index in [1.165, 1.54) is 0 Å². The second-order valence-corrected chi connectivity index (χ2v) is 4.72. The number of hydrogen-bond donors (Lipinski definition) is 1. The molecule has 1 rings (SSSR count). The van der Waals surface area contributed by atoms with Gasteiger partial charge in [-0.1, -0.05) is 40.4 Å². The molecule has 90 valence electrons. The van der Waals surface area contributed by atoms with Gasteiger partial charge >= 0.3 is 0 Å². The van der Waals surface area contributed by atoms with Crippen LogP contribution in [0.3, 0.4) is 0 Å². The van der Waals surface area contributed by atoms with Gasteiger partial charge in [-0.05, 0) is 25.5 Å². The maximum atomic E-state index is 6.05. The van der Waals surface area contributed by atoms with E-state index >= 15 is 0 Å². The minimum Gasteiger partial charge on any atom is -0.324 e. The maximum Gasteiger partial charge on any atom is 0.0655 e. The average Bonchev–Trinajstić information content (AvgIpc) is 2.11. The second-order valence-electron chi connectivity index (χ2n) is 3.52. The molecule has 1 aromatic rings. The summed E-state index contributed by atoms with van der Waals surface area (Å²) in [6.07, 6.45) is 0.639. The van der Waals surface area contributed by atoms with Gasteiger partial charge in [-0.3, -0.25) is 0 Å². The van der Waals surface area contributed by atoms with Crippen molar-refractivity contribution in [3.8, 4) is 0 Å². The molecule has 0 radical (unpaired) electrons. The minimum absolute atomic E-state index is 0. The molecule has 0 aliphatic rings. The Hall–Kier alpha value is 0.0800. The summed E-state index contributed by atoms with van der Waals surface area (Å²) in [4.78, 5) is 0. The van der Waals surface area contributed by atoms with Crippen molar-refractivity contribution in [1.29, 1.82) is 0 Å². The molecule has 0 aromatic heterocycles. The second kappa shape index (κ2) is 6.73. The van der Waals surface area contributed by atoms with Crippen molar-refractivity contribution in [3.63, 3.8) is 0 Å². The molecule has 0 aliphatic heterocycles. The molecule has 1 nitrogen and oxygen atoms in total. The molecule has 0 unspecified atom stereocenters. The molecule has 2 N–H and O–H groups in total. The Labute approximate surface area is 117 Å². The van der Waals surface area contributed by atoms with Gasteiger partial charge in [0.15, 0.2) is 0 Å². The first-order valence-corrected chi connectivity index (χ1v) is 5.60. The van der Waals surface area contributed by atoms with Crippen LogP contribution in [0.25, 0.3) is 0 Å². The molecule has 1 atom stereocenters. The van der Waals surface area contributed by atoms with E-state index in [-0.39, 0.29) is 18.4 Å². The standard InChI is InChI=1S/C11H12Cl3N.ClH/c1-6(2)5-9(15)10-7(12)3-4-8(13)11(10)14;/h3-4,9H,1,5,15H2,2H3;1H/t9-;/m0./s1. The third kappa shape index (κ3) is 3.83. The fourth-order valence-electron chi connectivity index (χ4n) is 1.36. The predicted molar refractivity (Wildman–Crippen MR) is 75.1 cm³/mol. The van der Waals surface area contributed by atoms with Crippen LogP contribution in [-0.4, -0.2) is 0 Å². The van der Waals surface area contributed by atoms with E-state index in [1.54, 1.807) is 12.1 Å².